The topological polar surface area (TPSA) is 17.1 Å². The summed E-state index contributed by atoms with van der Waals surface area (Å²) in [4.78, 5) is 11.6. The molecular formula is C12H22O. The molecule has 0 aromatic heterocycles. The number of carbonyl (C=O) groups is 1. The van der Waals surface area contributed by atoms with Crippen molar-refractivity contribution in [2.45, 2.75) is 52.9 Å². The number of hydrogen-bond donors (Lipinski definition) is 0. The molecule has 76 valence electrons. The van der Waals surface area contributed by atoms with E-state index >= 15 is 0 Å². The first-order valence-electron chi connectivity index (χ1n) is 5.67. The summed E-state index contributed by atoms with van der Waals surface area (Å²) >= 11 is 0. The minimum Gasteiger partial charge on any atom is -0.299 e. The van der Waals surface area contributed by atoms with Gasteiger partial charge in [-0.15, -0.1) is 0 Å². The third kappa shape index (κ3) is 2.82. The number of ketones is 1. The van der Waals surface area contributed by atoms with Gasteiger partial charge in [-0.3, -0.25) is 4.79 Å². The van der Waals surface area contributed by atoms with Gasteiger partial charge in [0.15, 0.2) is 0 Å². The first-order chi connectivity index (χ1) is 6.15. The Kier molecular flexibility index (Phi) is 3.95. The van der Waals surface area contributed by atoms with Crippen molar-refractivity contribution in [3.05, 3.63) is 0 Å². The molecule has 0 aromatic rings. The van der Waals surface area contributed by atoms with E-state index in [1.807, 2.05) is 0 Å². The van der Waals surface area contributed by atoms with Crippen LogP contribution in [0.3, 0.4) is 0 Å². The molecule has 1 fully saturated rings. The highest BCUT2D eigenvalue weighted by Crippen LogP contribution is 2.33. The van der Waals surface area contributed by atoms with Crippen molar-refractivity contribution < 1.29 is 4.79 Å². The molecule has 0 amide bonds. The van der Waals surface area contributed by atoms with Crippen LogP contribution < -0.4 is 0 Å². The quantitative estimate of drug-likeness (QED) is 0.651. The SMILES string of the molecule is CCC(CC(C)C)C1CCCC1=O. The van der Waals surface area contributed by atoms with E-state index in [9.17, 15) is 4.79 Å². The summed E-state index contributed by atoms with van der Waals surface area (Å²) < 4.78 is 0. The summed E-state index contributed by atoms with van der Waals surface area (Å²) in [6.45, 7) is 6.73. The minimum absolute atomic E-state index is 0.410. The van der Waals surface area contributed by atoms with Crippen LogP contribution in [0.1, 0.15) is 52.9 Å². The van der Waals surface area contributed by atoms with E-state index in [0.717, 1.165) is 25.2 Å². The molecule has 2 atom stereocenters. The molecule has 0 N–H and O–H groups in total. The van der Waals surface area contributed by atoms with Crippen LogP contribution in [-0.4, -0.2) is 5.78 Å². The Hall–Kier alpha value is -0.330. The summed E-state index contributed by atoms with van der Waals surface area (Å²) in [6, 6.07) is 0. The molecule has 13 heavy (non-hydrogen) atoms. The molecular weight excluding hydrogens is 160 g/mol. The van der Waals surface area contributed by atoms with Crippen LogP contribution in [0, 0.1) is 17.8 Å². The smallest absolute Gasteiger partial charge is 0.136 e. The van der Waals surface area contributed by atoms with Crippen LogP contribution >= 0.6 is 0 Å². The normalized spacial score (nSPS) is 25.5. The molecule has 1 nitrogen and oxygen atoms in total. The summed E-state index contributed by atoms with van der Waals surface area (Å²) in [5, 5.41) is 0. The van der Waals surface area contributed by atoms with E-state index < -0.39 is 0 Å². The Labute approximate surface area is 81.9 Å². The van der Waals surface area contributed by atoms with Gasteiger partial charge in [0.1, 0.15) is 5.78 Å². The van der Waals surface area contributed by atoms with E-state index in [-0.39, 0.29) is 0 Å². The van der Waals surface area contributed by atoms with Crippen LogP contribution in [0.15, 0.2) is 0 Å². The second-order valence-corrected chi connectivity index (χ2v) is 4.76. The summed E-state index contributed by atoms with van der Waals surface area (Å²) in [5.41, 5.74) is 0. The van der Waals surface area contributed by atoms with Crippen molar-refractivity contribution in [2.24, 2.45) is 17.8 Å². The molecule has 1 aliphatic carbocycles. The maximum Gasteiger partial charge on any atom is 0.136 e. The second-order valence-electron chi connectivity index (χ2n) is 4.76. The molecule has 1 saturated carbocycles. The van der Waals surface area contributed by atoms with E-state index in [1.165, 1.54) is 12.8 Å². The highest BCUT2D eigenvalue weighted by molar-refractivity contribution is 5.83. The standard InChI is InChI=1S/C12H22O/c1-4-10(8-9(2)3)11-6-5-7-12(11)13/h9-11H,4-8H2,1-3H3. The maximum atomic E-state index is 11.6. The van der Waals surface area contributed by atoms with Gasteiger partial charge in [-0.05, 0) is 31.1 Å². The summed E-state index contributed by atoms with van der Waals surface area (Å²) in [5.74, 6) is 2.34. The van der Waals surface area contributed by atoms with Crippen molar-refractivity contribution in [1.82, 2.24) is 0 Å². The largest absolute Gasteiger partial charge is 0.299 e. The van der Waals surface area contributed by atoms with Gasteiger partial charge in [-0.2, -0.15) is 0 Å². The molecule has 0 saturated heterocycles. The highest BCUT2D eigenvalue weighted by atomic mass is 16.1. The van der Waals surface area contributed by atoms with Crippen molar-refractivity contribution in [1.29, 1.82) is 0 Å². The van der Waals surface area contributed by atoms with Gasteiger partial charge in [-0.25, -0.2) is 0 Å². The van der Waals surface area contributed by atoms with Gasteiger partial charge in [0.2, 0.25) is 0 Å². The third-order valence-corrected chi connectivity index (χ3v) is 3.22. The van der Waals surface area contributed by atoms with E-state index in [2.05, 4.69) is 20.8 Å². The predicted molar refractivity (Wildman–Crippen MR) is 55.6 cm³/mol. The lowest BCUT2D eigenvalue weighted by atomic mass is 9.82. The van der Waals surface area contributed by atoms with E-state index in [0.29, 0.717) is 17.6 Å². The fraction of sp³-hybridized carbons (Fsp3) is 0.917. The number of Topliss-reactive ketones (excluding diaryl/α,β-unsaturated/α-hetero) is 1. The van der Waals surface area contributed by atoms with Crippen LogP contribution in [0.25, 0.3) is 0 Å². The first kappa shape index (κ1) is 10.7. The molecule has 0 radical (unpaired) electrons. The van der Waals surface area contributed by atoms with Gasteiger partial charge in [0, 0.05) is 12.3 Å². The molecule has 0 bridgehead atoms. The van der Waals surface area contributed by atoms with Gasteiger partial charge in [-0.1, -0.05) is 27.2 Å². The Balaban J connectivity index is 2.49. The van der Waals surface area contributed by atoms with Crippen LogP contribution in [0.4, 0.5) is 0 Å². The third-order valence-electron chi connectivity index (χ3n) is 3.22. The lowest BCUT2D eigenvalue weighted by Gasteiger charge is -2.22. The molecule has 2 unspecified atom stereocenters. The van der Waals surface area contributed by atoms with Crippen molar-refractivity contribution >= 4 is 5.78 Å². The zero-order valence-corrected chi connectivity index (χ0v) is 9.18. The Morgan fingerprint density at radius 2 is 2.15 bits per heavy atom. The van der Waals surface area contributed by atoms with Gasteiger partial charge >= 0.3 is 0 Å². The predicted octanol–water partition coefficient (Wildman–Crippen LogP) is 3.43. The number of rotatable bonds is 4. The molecule has 1 heteroatoms. The molecule has 0 spiro atoms. The zero-order chi connectivity index (χ0) is 9.84. The molecule has 0 aliphatic heterocycles. The second kappa shape index (κ2) is 4.78. The molecule has 1 rings (SSSR count). The number of hydrogen-bond acceptors (Lipinski definition) is 1. The summed E-state index contributed by atoms with van der Waals surface area (Å²) in [6.07, 6.45) is 5.54. The summed E-state index contributed by atoms with van der Waals surface area (Å²) in [7, 11) is 0. The van der Waals surface area contributed by atoms with Crippen molar-refractivity contribution in [3.63, 3.8) is 0 Å². The number of carbonyl (C=O) groups excluding carboxylic acids is 1. The van der Waals surface area contributed by atoms with Gasteiger partial charge in [0.05, 0.1) is 0 Å². The van der Waals surface area contributed by atoms with Crippen molar-refractivity contribution in [3.8, 4) is 0 Å². The zero-order valence-electron chi connectivity index (χ0n) is 9.18. The van der Waals surface area contributed by atoms with E-state index in [1.54, 1.807) is 0 Å². The van der Waals surface area contributed by atoms with Crippen LogP contribution in [0.2, 0.25) is 0 Å². The lowest BCUT2D eigenvalue weighted by molar-refractivity contribution is -0.122. The van der Waals surface area contributed by atoms with Crippen LogP contribution in [-0.2, 0) is 4.79 Å². The minimum atomic E-state index is 0.410. The Morgan fingerprint density at radius 1 is 1.46 bits per heavy atom. The molecule has 0 aromatic carbocycles. The average molecular weight is 182 g/mol. The van der Waals surface area contributed by atoms with Gasteiger partial charge < -0.3 is 0 Å². The molecule has 1 aliphatic rings. The fourth-order valence-corrected chi connectivity index (χ4v) is 2.56. The monoisotopic (exact) mass is 182 g/mol. The lowest BCUT2D eigenvalue weighted by Crippen LogP contribution is -2.19. The fourth-order valence-electron chi connectivity index (χ4n) is 2.56. The Morgan fingerprint density at radius 3 is 2.54 bits per heavy atom. The Bertz CT molecular complexity index is 172. The maximum absolute atomic E-state index is 11.6. The molecule has 0 heterocycles. The average Bonchev–Trinajstić information content (AvgIpc) is 2.47. The van der Waals surface area contributed by atoms with Crippen LogP contribution in [0.5, 0.6) is 0 Å². The van der Waals surface area contributed by atoms with Gasteiger partial charge in [0.25, 0.3) is 0 Å². The van der Waals surface area contributed by atoms with Crippen molar-refractivity contribution in [2.75, 3.05) is 0 Å². The highest BCUT2D eigenvalue weighted by Gasteiger charge is 2.30. The first-order valence-corrected chi connectivity index (χ1v) is 5.67. The van der Waals surface area contributed by atoms with E-state index in [4.69, 9.17) is 0 Å².